The van der Waals surface area contributed by atoms with Crippen molar-refractivity contribution < 1.29 is 10.2 Å². The molecule has 1 rings (SSSR count). The van der Waals surface area contributed by atoms with E-state index in [1.165, 1.54) is 69.4 Å². The number of phenols is 2. The zero-order valence-electron chi connectivity index (χ0n) is 37.7. The van der Waals surface area contributed by atoms with E-state index < -0.39 is 0 Å². The lowest BCUT2D eigenvalue weighted by Gasteiger charge is -2.10. The summed E-state index contributed by atoms with van der Waals surface area (Å²) in [5.41, 5.74) is 15.5. The van der Waals surface area contributed by atoms with Gasteiger partial charge < -0.3 is 10.2 Å². The second-order valence-electron chi connectivity index (χ2n) is 16.9. The van der Waals surface area contributed by atoms with Crippen LogP contribution in [-0.4, -0.2) is 10.2 Å². The van der Waals surface area contributed by atoms with Crippen LogP contribution in [0.2, 0.25) is 0 Å². The van der Waals surface area contributed by atoms with Crippen LogP contribution in [-0.2, 0) is 6.42 Å². The van der Waals surface area contributed by atoms with E-state index in [2.05, 4.69) is 124 Å². The van der Waals surface area contributed by atoms with Crippen LogP contribution in [0.3, 0.4) is 0 Å². The second kappa shape index (κ2) is 28.8. The van der Waals surface area contributed by atoms with E-state index in [4.69, 9.17) is 0 Å². The maximum Gasteiger partial charge on any atom is 0.122 e. The van der Waals surface area contributed by atoms with Crippen LogP contribution < -0.4 is 0 Å². The number of phenolic OH excluding ortho intramolecular Hbond substituents is 2. The van der Waals surface area contributed by atoms with Crippen molar-refractivity contribution in [3.63, 3.8) is 0 Å². The summed E-state index contributed by atoms with van der Waals surface area (Å²) in [5.74, 6) is 0.554. The predicted octanol–water partition coefficient (Wildman–Crippen LogP) is 17.0. The Balaban J connectivity index is 2.28. The first-order valence-electron chi connectivity index (χ1n) is 21.5. The van der Waals surface area contributed by atoms with Crippen molar-refractivity contribution in [2.24, 2.45) is 0 Å². The van der Waals surface area contributed by atoms with Crippen LogP contribution in [0.25, 0.3) is 0 Å². The smallest absolute Gasteiger partial charge is 0.122 e. The Morgan fingerprint density at radius 3 is 0.909 bits per heavy atom. The Kier molecular flexibility index (Phi) is 25.9. The van der Waals surface area contributed by atoms with Crippen LogP contribution in [0.4, 0.5) is 0 Å². The van der Waals surface area contributed by atoms with E-state index in [-0.39, 0.29) is 5.75 Å². The Morgan fingerprint density at radius 2 is 0.636 bits per heavy atom. The summed E-state index contributed by atoms with van der Waals surface area (Å²) in [7, 11) is 0. The van der Waals surface area contributed by atoms with Crippen LogP contribution in [0.5, 0.6) is 11.5 Å². The first-order valence-corrected chi connectivity index (χ1v) is 21.5. The van der Waals surface area contributed by atoms with Crippen LogP contribution in [0.15, 0.2) is 111 Å². The fourth-order valence-corrected chi connectivity index (χ4v) is 6.62. The summed E-state index contributed by atoms with van der Waals surface area (Å²) in [6, 6.07) is 1.69. The molecular weight excluding hydrogens is 669 g/mol. The largest absolute Gasteiger partial charge is 0.508 e. The zero-order valence-corrected chi connectivity index (χ0v) is 37.7. The molecule has 0 saturated carbocycles. The van der Waals surface area contributed by atoms with Crippen LogP contribution in [0.1, 0.15) is 189 Å². The van der Waals surface area contributed by atoms with Gasteiger partial charge in [-0.1, -0.05) is 105 Å². The molecule has 0 aliphatic carbocycles. The van der Waals surface area contributed by atoms with Gasteiger partial charge in [-0.05, 0) is 209 Å². The van der Waals surface area contributed by atoms with E-state index in [0.29, 0.717) is 12.2 Å². The molecule has 2 N–H and O–H groups in total. The minimum atomic E-state index is 0.255. The van der Waals surface area contributed by atoms with Crippen LogP contribution >= 0.6 is 0 Å². The number of benzene rings is 1. The van der Waals surface area contributed by atoms with Crippen molar-refractivity contribution in [3.8, 4) is 11.5 Å². The average Bonchev–Trinajstić information content (AvgIpc) is 3.11. The van der Waals surface area contributed by atoms with Gasteiger partial charge in [0.1, 0.15) is 11.5 Å². The van der Waals surface area contributed by atoms with Gasteiger partial charge >= 0.3 is 0 Å². The molecule has 0 atom stereocenters. The van der Waals surface area contributed by atoms with Gasteiger partial charge in [0.05, 0.1) is 0 Å². The number of allylic oxidation sites excluding steroid dienone is 18. The quantitative estimate of drug-likeness (QED) is 0.0731. The molecule has 0 spiro atoms. The molecule has 0 unspecified atom stereocenters. The number of aromatic hydroxyl groups is 2. The molecule has 0 radical (unpaired) electrons. The lowest BCUT2D eigenvalue weighted by Crippen LogP contribution is -1.91. The maximum absolute atomic E-state index is 10.4. The van der Waals surface area contributed by atoms with E-state index in [1.54, 1.807) is 6.07 Å². The van der Waals surface area contributed by atoms with Gasteiger partial charge in [0, 0.05) is 5.56 Å². The van der Waals surface area contributed by atoms with Gasteiger partial charge in [0.25, 0.3) is 0 Å². The Hall–Kier alpha value is -3.52. The molecule has 55 heavy (non-hydrogen) atoms. The van der Waals surface area contributed by atoms with Crippen molar-refractivity contribution in [1.29, 1.82) is 0 Å². The number of rotatable bonds is 26. The zero-order chi connectivity index (χ0) is 41.2. The molecule has 2 nitrogen and oxygen atoms in total. The third kappa shape index (κ3) is 24.6. The maximum atomic E-state index is 10.4. The molecular formula is C53H82O2. The van der Waals surface area contributed by atoms with E-state index in [1.807, 2.05) is 13.8 Å². The summed E-state index contributed by atoms with van der Waals surface area (Å²) < 4.78 is 0. The molecule has 0 amide bonds. The molecule has 0 bridgehead atoms. The van der Waals surface area contributed by atoms with Gasteiger partial charge in [0.15, 0.2) is 0 Å². The molecule has 1 aromatic rings. The first-order chi connectivity index (χ1) is 26.1. The van der Waals surface area contributed by atoms with Crippen LogP contribution in [0, 0.1) is 13.8 Å². The highest BCUT2D eigenvalue weighted by Crippen LogP contribution is 2.32. The normalized spacial score (nSPS) is 14.3. The van der Waals surface area contributed by atoms with E-state index in [0.717, 1.165) is 100 Å². The third-order valence-corrected chi connectivity index (χ3v) is 10.9. The molecule has 1 aromatic carbocycles. The SMILES string of the molecule is CC(C)=CCC/C(C)=C/CC/C(C)=C\CC/C(C)=C/CC/C(C)=C/CC/C(C)=C/CC/C(C)=C/CC/C(C)=C/CC/C(C)=C/Cc1cc(O)c(C)c(C)c1O. The first kappa shape index (κ1) is 49.5. The molecule has 2 heteroatoms. The van der Waals surface area contributed by atoms with Gasteiger partial charge in [-0.2, -0.15) is 0 Å². The number of hydrogen-bond donors (Lipinski definition) is 2. The Bertz CT molecular complexity index is 1590. The summed E-state index contributed by atoms with van der Waals surface area (Å²) in [6.45, 7) is 26.2. The molecule has 306 valence electrons. The highest BCUT2D eigenvalue weighted by molar-refractivity contribution is 5.51. The lowest BCUT2D eigenvalue weighted by molar-refractivity contribution is 0.448. The van der Waals surface area contributed by atoms with Crippen molar-refractivity contribution >= 4 is 0 Å². The monoisotopic (exact) mass is 751 g/mol. The Labute approximate surface area is 340 Å². The second-order valence-corrected chi connectivity index (χ2v) is 16.9. The van der Waals surface area contributed by atoms with E-state index >= 15 is 0 Å². The predicted molar refractivity (Wildman–Crippen MR) is 246 cm³/mol. The summed E-state index contributed by atoms with van der Waals surface area (Å²) in [6.07, 6.45) is 40.3. The minimum absolute atomic E-state index is 0.255. The summed E-state index contributed by atoms with van der Waals surface area (Å²) in [4.78, 5) is 0. The van der Waals surface area contributed by atoms with Crippen molar-refractivity contribution in [3.05, 3.63) is 128 Å². The molecule has 0 aliphatic rings. The third-order valence-electron chi connectivity index (χ3n) is 10.9. The minimum Gasteiger partial charge on any atom is -0.508 e. The Morgan fingerprint density at radius 1 is 0.382 bits per heavy atom. The van der Waals surface area contributed by atoms with E-state index in [9.17, 15) is 10.2 Å². The topological polar surface area (TPSA) is 40.5 Å². The fourth-order valence-electron chi connectivity index (χ4n) is 6.62. The number of hydrogen-bond acceptors (Lipinski definition) is 2. The average molecular weight is 751 g/mol. The van der Waals surface area contributed by atoms with Crippen molar-refractivity contribution in [2.75, 3.05) is 0 Å². The van der Waals surface area contributed by atoms with Gasteiger partial charge in [-0.3, -0.25) is 0 Å². The molecule has 0 heterocycles. The highest BCUT2D eigenvalue weighted by atomic mass is 16.3. The molecule has 0 saturated heterocycles. The van der Waals surface area contributed by atoms with Gasteiger partial charge in [-0.15, -0.1) is 0 Å². The van der Waals surface area contributed by atoms with Gasteiger partial charge in [0.2, 0.25) is 0 Å². The standard InChI is InChI=1S/C53H82O2/c1-40(2)21-13-22-41(3)23-14-24-42(4)25-15-26-43(5)27-16-28-44(6)29-17-30-45(7)31-18-32-46(8)33-19-34-47(9)35-20-36-48(10)37-38-51-39-52(54)49(11)50(12)53(51)55/h21,23,25,27,29,31,33,35,37,39,54-55H,13-20,22,24,26,28,30,32,34,36,38H2,1-12H3/b41-23+,42-25-,43-27+,44-29+,45-31+,46-33+,47-35+,48-37+. The lowest BCUT2D eigenvalue weighted by atomic mass is 9.99. The van der Waals surface area contributed by atoms with Crippen molar-refractivity contribution in [1.82, 2.24) is 0 Å². The van der Waals surface area contributed by atoms with Crippen molar-refractivity contribution in [2.45, 2.75) is 192 Å². The summed E-state index contributed by atoms with van der Waals surface area (Å²) >= 11 is 0. The molecule has 0 aliphatic heterocycles. The summed E-state index contributed by atoms with van der Waals surface area (Å²) in [5, 5.41) is 20.6. The fraction of sp³-hybridized carbons (Fsp3) is 0.547. The highest BCUT2D eigenvalue weighted by Gasteiger charge is 2.10. The van der Waals surface area contributed by atoms with Gasteiger partial charge in [-0.25, -0.2) is 0 Å². The molecule has 0 aromatic heterocycles. The molecule has 0 fully saturated rings.